The molecule has 0 aliphatic rings. The number of carbonyl (C=O) groups is 1. The predicted molar refractivity (Wildman–Crippen MR) is 192 cm³/mol. The van der Waals surface area contributed by atoms with Crippen molar-refractivity contribution in [1.29, 1.82) is 0 Å². The number of ketones is 1. The van der Waals surface area contributed by atoms with Gasteiger partial charge in [0.2, 0.25) is 5.78 Å². The zero-order valence-corrected chi connectivity index (χ0v) is 33.4. The van der Waals surface area contributed by atoms with Gasteiger partial charge in [-0.3, -0.25) is 4.79 Å². The Kier molecular flexibility index (Phi) is 14.2. The highest BCUT2D eigenvalue weighted by Gasteiger charge is 2.52. The lowest BCUT2D eigenvalue weighted by Gasteiger charge is -2.44. The molecule has 0 unspecified atom stereocenters. The van der Waals surface area contributed by atoms with Crippen molar-refractivity contribution in [3.8, 4) is 0 Å². The van der Waals surface area contributed by atoms with Crippen molar-refractivity contribution < 1.29 is 92.6 Å². The molecule has 0 spiro atoms. The van der Waals surface area contributed by atoms with E-state index in [1.807, 2.05) is 30.3 Å². The largest absolute Gasteiger partial charge is 0.289 e. The highest BCUT2D eigenvalue weighted by molar-refractivity contribution is 8.00. The molecule has 1 nitrogen and oxygen atoms in total. The molecule has 5 aromatic carbocycles. The number of benzene rings is 5. The van der Waals surface area contributed by atoms with Crippen LogP contribution < -0.4 is 21.9 Å². The second-order valence-corrected chi connectivity index (χ2v) is 18.9. The standard InChI is InChI=1S/C24BF20.C16H25OS/c26-5-1(6(27)14(35)21(42)13(5)34)25(2-7(28)15(36)22(43)16(37)8(2)29,3-9(30)17(38)23(44)18(39)10(3)31)4-11(32)19(40)24(45)20(41)12(4)33;1-15(2,3)18(16(4,5)6)12-14(17)13-10-8-7-9-11-13/h;7-11H,12H2,1-6H3/q-1;+1. The Morgan fingerprint density at radius 2 is 0.556 bits per heavy atom. The van der Waals surface area contributed by atoms with Gasteiger partial charge in [0.1, 0.15) is 62.2 Å². The summed E-state index contributed by atoms with van der Waals surface area (Å²) in [6.07, 6.45) is -7.22. The zero-order chi connectivity index (χ0) is 48.3. The van der Waals surface area contributed by atoms with Gasteiger partial charge in [-0.25, -0.2) is 87.8 Å². The summed E-state index contributed by atoms with van der Waals surface area (Å²) in [4.78, 5) is 12.4. The summed E-state index contributed by atoms with van der Waals surface area (Å²) in [6, 6.07) is 9.63. The van der Waals surface area contributed by atoms with Gasteiger partial charge in [-0.2, -0.15) is 0 Å². The Bertz CT molecular complexity index is 2240. The van der Waals surface area contributed by atoms with Crippen LogP contribution in [0.15, 0.2) is 30.3 Å². The van der Waals surface area contributed by atoms with Crippen molar-refractivity contribution in [2.45, 2.75) is 51.0 Å². The number of carbonyl (C=O) groups excluding carboxylic acids is 1. The molecule has 0 amide bonds. The Morgan fingerprint density at radius 3 is 0.746 bits per heavy atom. The molecule has 63 heavy (non-hydrogen) atoms. The molecule has 0 bridgehead atoms. The summed E-state index contributed by atoms with van der Waals surface area (Å²) < 4.78 is 294. The van der Waals surface area contributed by atoms with Crippen molar-refractivity contribution in [2.24, 2.45) is 0 Å². The first kappa shape index (κ1) is 50.4. The quantitative estimate of drug-likeness (QED) is 0.0397. The average molecular weight is 944 g/mol. The van der Waals surface area contributed by atoms with Gasteiger partial charge in [0.15, 0.2) is 75.6 Å². The SMILES string of the molecule is CC(C)(C)[S+](CC(=O)c1ccccc1)C(C)(C)C.Fc1c(F)c(F)c([B-](c2c(F)c(F)c(F)c(F)c2F)(c2c(F)c(F)c(F)c(F)c2F)c2c(F)c(F)c(F)c(F)c2F)c(F)c1F. The van der Waals surface area contributed by atoms with Gasteiger partial charge >= 0.3 is 0 Å². The Hall–Kier alpha value is -5.22. The minimum Gasteiger partial charge on any atom is -0.289 e. The fourth-order valence-corrected chi connectivity index (χ4v) is 10.2. The monoisotopic (exact) mass is 944 g/mol. The van der Waals surface area contributed by atoms with Gasteiger partial charge in [-0.1, -0.05) is 30.3 Å². The van der Waals surface area contributed by atoms with Gasteiger partial charge in [-0.15, -0.1) is 21.9 Å². The summed E-state index contributed by atoms with van der Waals surface area (Å²) in [5, 5.41) is 0. The van der Waals surface area contributed by atoms with Crippen LogP contribution in [0, 0.1) is 116 Å². The van der Waals surface area contributed by atoms with E-state index in [-0.39, 0.29) is 26.2 Å². The normalized spacial score (nSPS) is 12.2. The summed E-state index contributed by atoms with van der Waals surface area (Å²) in [5.41, 5.74) is -13.5. The highest BCUT2D eigenvalue weighted by atomic mass is 32.2. The minimum absolute atomic E-state index is 0.0608. The summed E-state index contributed by atoms with van der Waals surface area (Å²) in [6.45, 7) is 13.4. The molecule has 340 valence electrons. The molecule has 0 atom stereocenters. The summed E-state index contributed by atoms with van der Waals surface area (Å²) >= 11 is 0. The third-order valence-electron chi connectivity index (χ3n) is 9.56. The minimum atomic E-state index is -7.22. The topological polar surface area (TPSA) is 17.1 Å². The van der Waals surface area contributed by atoms with E-state index in [4.69, 9.17) is 0 Å². The van der Waals surface area contributed by atoms with Crippen molar-refractivity contribution in [3.63, 3.8) is 0 Å². The van der Waals surface area contributed by atoms with Gasteiger partial charge in [0.05, 0.1) is 0 Å². The molecular formula is C40H25BF20OS. The smallest absolute Gasteiger partial charge is 0.211 e. The highest BCUT2D eigenvalue weighted by Crippen LogP contribution is 2.33. The zero-order valence-electron chi connectivity index (χ0n) is 32.5. The van der Waals surface area contributed by atoms with Crippen molar-refractivity contribution in [3.05, 3.63) is 152 Å². The average Bonchev–Trinajstić information content (AvgIpc) is 3.22. The number of rotatable bonds is 7. The van der Waals surface area contributed by atoms with Crippen LogP contribution in [-0.4, -0.2) is 27.2 Å². The van der Waals surface area contributed by atoms with E-state index in [1.165, 1.54) is 0 Å². The van der Waals surface area contributed by atoms with E-state index < -0.39 is 144 Å². The first-order valence-electron chi connectivity index (χ1n) is 17.3. The van der Waals surface area contributed by atoms with Crippen molar-refractivity contribution >= 4 is 44.7 Å². The fraction of sp³-hybridized carbons (Fsp3) is 0.225. The molecule has 0 N–H and O–H groups in total. The maximum absolute atomic E-state index is 15.4. The lowest BCUT2D eigenvalue weighted by molar-refractivity contribution is 0.102. The van der Waals surface area contributed by atoms with Crippen LogP contribution in [0.4, 0.5) is 87.8 Å². The molecule has 5 aromatic rings. The van der Waals surface area contributed by atoms with Crippen LogP contribution in [0.3, 0.4) is 0 Å². The van der Waals surface area contributed by atoms with Gasteiger partial charge < -0.3 is 0 Å². The maximum atomic E-state index is 15.4. The number of hydrogen-bond donors (Lipinski definition) is 0. The first-order valence-corrected chi connectivity index (χ1v) is 18.7. The number of Topliss-reactive ketones (excluding diaryl/α,β-unsaturated/α-hetero) is 1. The van der Waals surface area contributed by atoms with Gasteiger partial charge in [-0.05, 0) is 41.5 Å². The molecule has 0 fully saturated rings. The van der Waals surface area contributed by atoms with Gasteiger partial charge in [0, 0.05) is 16.5 Å². The molecule has 0 aliphatic heterocycles. The molecule has 0 saturated carbocycles. The Morgan fingerprint density at radius 1 is 0.365 bits per heavy atom. The molecular weight excluding hydrogens is 919 g/mol. The molecule has 5 rings (SSSR count). The Balaban J connectivity index is 0.000000405. The molecule has 0 radical (unpaired) electrons. The molecule has 0 saturated heterocycles. The first-order chi connectivity index (χ1) is 28.8. The number of hydrogen-bond acceptors (Lipinski definition) is 1. The van der Waals surface area contributed by atoms with Crippen molar-refractivity contribution in [1.82, 2.24) is 0 Å². The van der Waals surface area contributed by atoms with E-state index in [0.717, 1.165) is 5.56 Å². The summed E-state index contributed by atoms with van der Waals surface area (Å²) in [7, 11) is 0.0608. The fourth-order valence-electron chi connectivity index (χ4n) is 7.06. The molecule has 0 aromatic heterocycles. The molecule has 0 aliphatic carbocycles. The number of halogens is 20. The van der Waals surface area contributed by atoms with E-state index in [0.29, 0.717) is 5.75 Å². The lowest BCUT2D eigenvalue weighted by atomic mass is 9.12. The van der Waals surface area contributed by atoms with Crippen LogP contribution >= 0.6 is 0 Å². The van der Waals surface area contributed by atoms with Gasteiger partial charge in [0.25, 0.3) is 0 Å². The van der Waals surface area contributed by atoms with E-state index in [2.05, 4.69) is 41.5 Å². The third-order valence-corrected chi connectivity index (χ3v) is 13.1. The molecule has 0 heterocycles. The van der Waals surface area contributed by atoms with Crippen LogP contribution in [0.1, 0.15) is 51.9 Å². The van der Waals surface area contributed by atoms with Crippen LogP contribution in [0.25, 0.3) is 0 Å². The lowest BCUT2D eigenvalue weighted by Crippen LogP contribution is -2.81. The van der Waals surface area contributed by atoms with Crippen LogP contribution in [0.2, 0.25) is 0 Å². The maximum Gasteiger partial charge on any atom is 0.211 e. The Labute approximate surface area is 346 Å². The van der Waals surface area contributed by atoms with E-state index >= 15 is 35.1 Å². The van der Waals surface area contributed by atoms with Crippen LogP contribution in [0.5, 0.6) is 0 Å². The second kappa shape index (κ2) is 17.7. The van der Waals surface area contributed by atoms with Crippen molar-refractivity contribution in [2.75, 3.05) is 5.75 Å². The van der Waals surface area contributed by atoms with E-state index in [1.54, 1.807) is 0 Å². The van der Waals surface area contributed by atoms with Crippen LogP contribution in [-0.2, 0) is 10.9 Å². The third kappa shape index (κ3) is 8.36. The molecule has 23 heteroatoms. The predicted octanol–water partition coefficient (Wildman–Crippen LogP) is 9.93. The summed E-state index contributed by atoms with van der Waals surface area (Å²) in [5.74, 6) is -70.5. The second-order valence-electron chi connectivity index (χ2n) is 15.3. The van der Waals surface area contributed by atoms with E-state index in [9.17, 15) is 57.5 Å².